The average Bonchev–Trinajstić information content (AvgIpc) is 2.27. The van der Waals surface area contributed by atoms with Crippen molar-refractivity contribution in [3.63, 3.8) is 0 Å². The van der Waals surface area contributed by atoms with Crippen molar-refractivity contribution in [2.75, 3.05) is 33.4 Å². The maximum absolute atomic E-state index is 7.88. The Balaban J connectivity index is 2.63. The highest BCUT2D eigenvalue weighted by atomic mass is 35.5. The number of halogens is 1. The van der Waals surface area contributed by atoms with Crippen LogP contribution < -0.4 is 5.32 Å². The molecule has 0 bridgehead atoms. The summed E-state index contributed by atoms with van der Waals surface area (Å²) in [5.74, 6) is 0.408. The fourth-order valence-corrected chi connectivity index (χ4v) is 1.47. The zero-order valence-corrected chi connectivity index (χ0v) is 9.40. The van der Waals surface area contributed by atoms with E-state index in [9.17, 15) is 0 Å². The lowest BCUT2D eigenvalue weighted by molar-refractivity contribution is -0.576. The van der Waals surface area contributed by atoms with Crippen molar-refractivity contribution < 1.29 is 10.1 Å². The summed E-state index contributed by atoms with van der Waals surface area (Å²) in [6.07, 6.45) is 0. The summed E-state index contributed by atoms with van der Waals surface area (Å²) >= 11 is 6.06. The first kappa shape index (κ1) is 11.5. The molecule has 0 aromatic rings. The van der Waals surface area contributed by atoms with Crippen molar-refractivity contribution in [2.24, 2.45) is 0 Å². The number of hydrogen-bond acceptors (Lipinski definition) is 2. The highest BCUT2D eigenvalue weighted by Gasteiger charge is 2.18. The number of quaternary nitrogens is 1. The highest BCUT2D eigenvalue weighted by Crippen LogP contribution is 2.10. The minimum atomic E-state index is 0.408. The van der Waals surface area contributed by atoms with E-state index in [1.54, 1.807) is 0 Å². The van der Waals surface area contributed by atoms with E-state index >= 15 is 0 Å². The Bertz CT molecular complexity index is 246. The van der Waals surface area contributed by atoms with Crippen LogP contribution in [0.25, 0.3) is 0 Å². The molecule has 1 saturated heterocycles. The van der Waals surface area contributed by atoms with Gasteiger partial charge in [-0.2, -0.15) is 0 Å². The van der Waals surface area contributed by atoms with Crippen LogP contribution in [0.2, 0.25) is 0 Å². The van der Waals surface area contributed by atoms with Crippen molar-refractivity contribution in [3.8, 4) is 0 Å². The molecule has 0 aromatic carbocycles. The predicted octanol–water partition coefficient (Wildman–Crippen LogP) is -0.0406. The quantitative estimate of drug-likeness (QED) is 0.505. The Hall–Kier alpha value is -0.580. The van der Waals surface area contributed by atoms with Gasteiger partial charge in [0.2, 0.25) is 0 Å². The largest absolute Gasteiger partial charge is 0.378 e. The molecule has 4 nitrogen and oxygen atoms in total. The summed E-state index contributed by atoms with van der Waals surface area (Å²) < 4.78 is 5.21. The van der Waals surface area contributed by atoms with E-state index in [-0.39, 0.29) is 0 Å². The number of allylic oxidation sites excluding steroid dienone is 1. The molecular weight excluding hydrogens is 202 g/mol. The van der Waals surface area contributed by atoms with Crippen LogP contribution in [-0.4, -0.2) is 44.1 Å². The molecular formula is C9H17ClN3O+. The molecule has 0 radical (unpaired) electrons. The van der Waals surface area contributed by atoms with Crippen LogP contribution in [0.3, 0.4) is 0 Å². The first-order valence-corrected chi connectivity index (χ1v) is 5.12. The van der Waals surface area contributed by atoms with E-state index in [2.05, 4.69) is 0 Å². The Morgan fingerprint density at radius 1 is 1.43 bits per heavy atom. The summed E-state index contributed by atoms with van der Waals surface area (Å²) in [4.78, 5) is 1.94. The van der Waals surface area contributed by atoms with Crippen LogP contribution in [0.1, 0.15) is 6.92 Å². The van der Waals surface area contributed by atoms with Gasteiger partial charge in [-0.15, -0.1) is 0 Å². The van der Waals surface area contributed by atoms with Crippen molar-refractivity contribution in [2.45, 2.75) is 6.92 Å². The van der Waals surface area contributed by atoms with E-state index in [1.807, 2.05) is 24.2 Å². The standard InChI is InChI=1S/C9H16ClN3O/c1-7(12-2)8(10)9(11)13-3-5-14-6-4-13/h11-12H,3-6H2,1-2H3/p+1. The minimum absolute atomic E-state index is 0.408. The van der Waals surface area contributed by atoms with E-state index in [4.69, 9.17) is 21.7 Å². The van der Waals surface area contributed by atoms with Crippen LogP contribution in [0.4, 0.5) is 0 Å². The molecule has 14 heavy (non-hydrogen) atoms. The molecule has 80 valence electrons. The van der Waals surface area contributed by atoms with Gasteiger partial charge in [0.1, 0.15) is 16.6 Å². The number of amidine groups is 1. The fraction of sp³-hybridized carbons (Fsp3) is 0.667. The van der Waals surface area contributed by atoms with Crippen LogP contribution in [0, 0.1) is 5.41 Å². The molecule has 0 amide bonds. The molecule has 3 N–H and O–H groups in total. The lowest BCUT2D eigenvalue weighted by Crippen LogP contribution is -2.77. The first-order valence-electron chi connectivity index (χ1n) is 4.74. The zero-order chi connectivity index (χ0) is 10.6. The van der Waals surface area contributed by atoms with E-state index in [0.717, 1.165) is 18.8 Å². The normalized spacial score (nSPS) is 19.2. The lowest BCUT2D eigenvalue weighted by atomic mass is 10.3. The monoisotopic (exact) mass is 218 g/mol. The molecule has 0 aliphatic carbocycles. The maximum Gasteiger partial charge on any atom is 0.145 e. The van der Waals surface area contributed by atoms with Crippen molar-refractivity contribution in [1.82, 2.24) is 4.90 Å². The number of hydrogen-bond donors (Lipinski definition) is 2. The third-order valence-corrected chi connectivity index (χ3v) is 2.79. The van der Waals surface area contributed by atoms with Gasteiger partial charge >= 0.3 is 0 Å². The van der Waals surface area contributed by atoms with Crippen molar-refractivity contribution in [3.05, 3.63) is 10.7 Å². The van der Waals surface area contributed by atoms with Gasteiger partial charge in [0.05, 0.1) is 20.3 Å². The average molecular weight is 219 g/mol. The molecule has 0 saturated carbocycles. The van der Waals surface area contributed by atoms with Crippen LogP contribution in [0.5, 0.6) is 0 Å². The Labute approximate surface area is 89.4 Å². The second-order valence-corrected chi connectivity index (χ2v) is 3.61. The third-order valence-electron chi connectivity index (χ3n) is 2.31. The van der Waals surface area contributed by atoms with Crippen molar-refractivity contribution in [1.29, 1.82) is 5.41 Å². The van der Waals surface area contributed by atoms with Gasteiger partial charge in [0.25, 0.3) is 0 Å². The number of nitrogens with two attached hydrogens (primary N) is 1. The molecule has 1 aliphatic heterocycles. The van der Waals surface area contributed by atoms with E-state index < -0.39 is 0 Å². The van der Waals surface area contributed by atoms with Gasteiger partial charge in [-0.05, 0) is 0 Å². The molecule has 5 heteroatoms. The van der Waals surface area contributed by atoms with Gasteiger partial charge in [-0.1, -0.05) is 11.6 Å². The summed E-state index contributed by atoms with van der Waals surface area (Å²) in [5.41, 5.74) is 0.947. The maximum atomic E-state index is 7.88. The second kappa shape index (κ2) is 5.34. The Morgan fingerprint density at radius 3 is 2.50 bits per heavy atom. The summed E-state index contributed by atoms with van der Waals surface area (Å²) in [6, 6.07) is 0. The first-order chi connectivity index (χ1) is 6.66. The van der Waals surface area contributed by atoms with Crippen LogP contribution >= 0.6 is 11.6 Å². The molecule has 0 atom stereocenters. The SMILES string of the molecule is C[NH2+]C(C)=C(Cl)C(=N)N1CCOCC1. The molecule has 0 unspecified atom stereocenters. The van der Waals surface area contributed by atoms with Gasteiger partial charge in [-0.25, -0.2) is 0 Å². The minimum Gasteiger partial charge on any atom is -0.378 e. The lowest BCUT2D eigenvalue weighted by Gasteiger charge is -2.28. The molecule has 1 heterocycles. The highest BCUT2D eigenvalue weighted by molar-refractivity contribution is 6.42. The molecule has 0 spiro atoms. The van der Waals surface area contributed by atoms with Gasteiger partial charge < -0.3 is 15.0 Å². The zero-order valence-electron chi connectivity index (χ0n) is 8.64. The van der Waals surface area contributed by atoms with Crippen molar-refractivity contribution >= 4 is 17.4 Å². The summed E-state index contributed by atoms with van der Waals surface area (Å²) in [6.45, 7) is 4.79. The molecule has 0 aromatic heterocycles. The van der Waals surface area contributed by atoms with Gasteiger partial charge in [0, 0.05) is 20.0 Å². The predicted molar refractivity (Wildman–Crippen MR) is 56.5 cm³/mol. The molecule has 1 fully saturated rings. The smallest absolute Gasteiger partial charge is 0.145 e. The number of nitrogens with one attached hydrogen (secondary N) is 1. The number of nitrogens with zero attached hydrogens (tertiary/aromatic N) is 1. The number of rotatable bonds is 2. The van der Waals surface area contributed by atoms with Gasteiger partial charge in [-0.3, -0.25) is 5.41 Å². The van der Waals surface area contributed by atoms with Crippen LogP contribution in [0.15, 0.2) is 10.7 Å². The fourth-order valence-electron chi connectivity index (χ4n) is 1.24. The topological polar surface area (TPSA) is 52.9 Å². The second-order valence-electron chi connectivity index (χ2n) is 3.23. The molecule has 1 rings (SSSR count). The number of morpholine rings is 1. The van der Waals surface area contributed by atoms with E-state index in [1.165, 1.54) is 0 Å². The molecule has 1 aliphatic rings. The van der Waals surface area contributed by atoms with Gasteiger partial charge in [0.15, 0.2) is 0 Å². The number of ether oxygens (including phenoxy) is 1. The third kappa shape index (κ3) is 2.70. The Kier molecular flexibility index (Phi) is 4.38. The Morgan fingerprint density at radius 2 is 2.00 bits per heavy atom. The summed E-state index contributed by atoms with van der Waals surface area (Å²) in [7, 11) is 1.92. The summed E-state index contributed by atoms with van der Waals surface area (Å²) in [5, 5.41) is 10.3. The van der Waals surface area contributed by atoms with Crippen LogP contribution in [-0.2, 0) is 4.74 Å². The van der Waals surface area contributed by atoms with E-state index in [0.29, 0.717) is 24.1 Å².